The second-order valence-electron chi connectivity index (χ2n) is 5.18. The number of carbonyl (C=O) groups is 1. The zero-order valence-electron chi connectivity index (χ0n) is 12.0. The molecular formula is C14H18ClNO4S. The maximum absolute atomic E-state index is 12.3. The molecular weight excluding hydrogens is 314 g/mol. The number of ether oxygens (including phenoxy) is 1. The number of hydrogen-bond donors (Lipinski definition) is 0. The molecule has 0 unspecified atom stereocenters. The molecule has 1 aromatic rings. The Morgan fingerprint density at radius 2 is 2.10 bits per heavy atom. The topological polar surface area (TPSA) is 63.7 Å². The van der Waals surface area contributed by atoms with Gasteiger partial charge >= 0.3 is 0 Å². The van der Waals surface area contributed by atoms with E-state index in [9.17, 15) is 13.2 Å². The van der Waals surface area contributed by atoms with Gasteiger partial charge in [-0.05, 0) is 37.5 Å². The monoisotopic (exact) mass is 331 g/mol. The molecule has 21 heavy (non-hydrogen) atoms. The summed E-state index contributed by atoms with van der Waals surface area (Å²) in [4.78, 5) is 14.0. The zero-order chi connectivity index (χ0) is 15.6. The Bertz CT molecular complexity index is 640. The van der Waals surface area contributed by atoms with Gasteiger partial charge in [0.25, 0.3) is 9.05 Å². The van der Waals surface area contributed by atoms with Crippen molar-refractivity contribution in [1.82, 2.24) is 4.90 Å². The SMILES string of the molecule is COc1ccc(S(=O)(=O)Cl)cc1CC(=O)N(C)C1CCC1. The van der Waals surface area contributed by atoms with Crippen molar-refractivity contribution in [3.05, 3.63) is 23.8 Å². The number of benzene rings is 1. The fraction of sp³-hybridized carbons (Fsp3) is 0.500. The van der Waals surface area contributed by atoms with E-state index in [2.05, 4.69) is 0 Å². The van der Waals surface area contributed by atoms with E-state index in [0.29, 0.717) is 17.4 Å². The summed E-state index contributed by atoms with van der Waals surface area (Å²) < 4.78 is 28.0. The molecule has 0 aliphatic heterocycles. The number of halogens is 1. The van der Waals surface area contributed by atoms with Crippen molar-refractivity contribution >= 4 is 25.6 Å². The second kappa shape index (κ2) is 6.23. The van der Waals surface area contributed by atoms with Crippen LogP contribution in [0.25, 0.3) is 0 Å². The lowest BCUT2D eigenvalue weighted by molar-refractivity contribution is -0.132. The van der Waals surface area contributed by atoms with Gasteiger partial charge in [-0.2, -0.15) is 0 Å². The van der Waals surface area contributed by atoms with Gasteiger partial charge in [0.15, 0.2) is 0 Å². The van der Waals surface area contributed by atoms with E-state index in [4.69, 9.17) is 15.4 Å². The largest absolute Gasteiger partial charge is 0.496 e. The normalized spacial score (nSPS) is 15.4. The molecule has 0 saturated heterocycles. The third kappa shape index (κ3) is 3.68. The number of methoxy groups -OCH3 is 1. The summed E-state index contributed by atoms with van der Waals surface area (Å²) in [5, 5.41) is 0. The lowest BCUT2D eigenvalue weighted by Gasteiger charge is -2.34. The van der Waals surface area contributed by atoms with E-state index in [0.717, 1.165) is 19.3 Å². The van der Waals surface area contributed by atoms with Crippen LogP contribution in [-0.4, -0.2) is 39.4 Å². The number of likely N-dealkylation sites (N-methyl/N-ethyl adjacent to an activating group) is 1. The summed E-state index contributed by atoms with van der Waals surface area (Å²) >= 11 is 0. The third-order valence-electron chi connectivity index (χ3n) is 3.89. The average molecular weight is 332 g/mol. The first-order chi connectivity index (χ1) is 9.82. The van der Waals surface area contributed by atoms with Crippen LogP contribution >= 0.6 is 10.7 Å². The maximum Gasteiger partial charge on any atom is 0.261 e. The molecule has 0 heterocycles. The number of nitrogens with zero attached hydrogens (tertiary/aromatic N) is 1. The zero-order valence-corrected chi connectivity index (χ0v) is 13.6. The van der Waals surface area contributed by atoms with Crippen LogP contribution in [0, 0.1) is 0 Å². The molecule has 0 aromatic heterocycles. The molecule has 5 nitrogen and oxygen atoms in total. The summed E-state index contributed by atoms with van der Waals surface area (Å²) in [6.07, 6.45) is 3.28. The standard InChI is InChI=1S/C14H18ClNO4S/c1-16(11-4-3-5-11)14(17)9-10-8-12(21(15,18)19)6-7-13(10)20-2/h6-8,11H,3-5,9H2,1-2H3. The summed E-state index contributed by atoms with van der Waals surface area (Å²) in [6.45, 7) is 0. The summed E-state index contributed by atoms with van der Waals surface area (Å²) in [6, 6.07) is 4.57. The minimum absolute atomic E-state index is 0.0286. The van der Waals surface area contributed by atoms with Gasteiger partial charge in [-0.15, -0.1) is 0 Å². The molecule has 1 aliphatic rings. The number of rotatable bonds is 5. The Hall–Kier alpha value is -1.27. The van der Waals surface area contributed by atoms with Gasteiger partial charge in [-0.3, -0.25) is 4.79 Å². The number of hydrogen-bond acceptors (Lipinski definition) is 4. The smallest absolute Gasteiger partial charge is 0.261 e. The van der Waals surface area contributed by atoms with E-state index in [1.807, 2.05) is 0 Å². The first-order valence-corrected chi connectivity index (χ1v) is 9.01. The molecule has 1 aromatic carbocycles. The van der Waals surface area contributed by atoms with Crippen molar-refractivity contribution in [3.63, 3.8) is 0 Å². The van der Waals surface area contributed by atoms with Crippen LogP contribution in [0.5, 0.6) is 5.75 Å². The van der Waals surface area contributed by atoms with E-state index in [1.54, 1.807) is 11.9 Å². The maximum atomic E-state index is 12.3. The van der Waals surface area contributed by atoms with Crippen LogP contribution in [0.4, 0.5) is 0 Å². The van der Waals surface area contributed by atoms with Crippen molar-refractivity contribution in [2.24, 2.45) is 0 Å². The van der Waals surface area contributed by atoms with Gasteiger partial charge in [-0.1, -0.05) is 0 Å². The Balaban J connectivity index is 2.22. The van der Waals surface area contributed by atoms with E-state index >= 15 is 0 Å². The van der Waals surface area contributed by atoms with Gasteiger partial charge in [0, 0.05) is 29.3 Å². The molecule has 0 N–H and O–H groups in total. The average Bonchev–Trinajstić information content (AvgIpc) is 2.35. The Kier molecular flexibility index (Phi) is 4.78. The van der Waals surface area contributed by atoms with Crippen molar-refractivity contribution in [2.45, 2.75) is 36.6 Å². The van der Waals surface area contributed by atoms with E-state index in [1.165, 1.54) is 25.3 Å². The van der Waals surface area contributed by atoms with Gasteiger partial charge in [0.05, 0.1) is 18.4 Å². The molecule has 0 bridgehead atoms. The lowest BCUT2D eigenvalue weighted by atomic mass is 9.91. The van der Waals surface area contributed by atoms with Crippen molar-refractivity contribution in [2.75, 3.05) is 14.2 Å². The fourth-order valence-electron chi connectivity index (χ4n) is 2.31. The van der Waals surface area contributed by atoms with Gasteiger partial charge in [-0.25, -0.2) is 8.42 Å². The number of carbonyl (C=O) groups excluding carboxylic acids is 1. The van der Waals surface area contributed by atoms with Crippen molar-refractivity contribution in [3.8, 4) is 5.75 Å². The fourth-order valence-corrected chi connectivity index (χ4v) is 3.11. The van der Waals surface area contributed by atoms with Crippen LogP contribution in [0.15, 0.2) is 23.1 Å². The first-order valence-electron chi connectivity index (χ1n) is 6.70. The molecule has 0 spiro atoms. The van der Waals surface area contributed by atoms with Gasteiger partial charge in [0.2, 0.25) is 5.91 Å². The van der Waals surface area contributed by atoms with Crippen molar-refractivity contribution < 1.29 is 17.9 Å². The van der Waals surface area contributed by atoms with Crippen LogP contribution in [0.3, 0.4) is 0 Å². The second-order valence-corrected chi connectivity index (χ2v) is 7.74. The number of amides is 1. The van der Waals surface area contributed by atoms with Gasteiger partial charge in [0.1, 0.15) is 5.75 Å². The molecule has 1 fully saturated rings. The van der Waals surface area contributed by atoms with Crippen LogP contribution < -0.4 is 4.74 Å². The Labute approximate surface area is 129 Å². The molecule has 0 radical (unpaired) electrons. The highest BCUT2D eigenvalue weighted by Gasteiger charge is 2.26. The highest BCUT2D eigenvalue weighted by Crippen LogP contribution is 2.27. The predicted octanol–water partition coefficient (Wildman–Crippen LogP) is 2.18. The minimum atomic E-state index is -3.82. The summed E-state index contributed by atoms with van der Waals surface area (Å²) in [5.41, 5.74) is 0.524. The van der Waals surface area contributed by atoms with Gasteiger partial charge < -0.3 is 9.64 Å². The highest BCUT2D eigenvalue weighted by atomic mass is 35.7. The minimum Gasteiger partial charge on any atom is -0.496 e. The molecule has 116 valence electrons. The predicted molar refractivity (Wildman–Crippen MR) is 80.1 cm³/mol. The molecule has 0 atom stereocenters. The molecule has 7 heteroatoms. The lowest BCUT2D eigenvalue weighted by Crippen LogP contribution is -2.42. The van der Waals surface area contributed by atoms with Crippen molar-refractivity contribution in [1.29, 1.82) is 0 Å². The summed E-state index contributed by atoms with van der Waals surface area (Å²) in [7, 11) is 4.78. The Morgan fingerprint density at radius 1 is 1.43 bits per heavy atom. The van der Waals surface area contributed by atoms with E-state index < -0.39 is 9.05 Å². The molecule has 2 rings (SSSR count). The Morgan fingerprint density at radius 3 is 2.57 bits per heavy atom. The molecule has 1 amide bonds. The molecule has 1 saturated carbocycles. The van der Waals surface area contributed by atoms with Crippen LogP contribution in [0.2, 0.25) is 0 Å². The first kappa shape index (κ1) is 16.1. The highest BCUT2D eigenvalue weighted by molar-refractivity contribution is 8.13. The summed E-state index contributed by atoms with van der Waals surface area (Å²) in [5.74, 6) is 0.427. The van der Waals surface area contributed by atoms with Crippen LogP contribution in [0.1, 0.15) is 24.8 Å². The quantitative estimate of drug-likeness (QED) is 0.776. The molecule has 1 aliphatic carbocycles. The van der Waals surface area contributed by atoms with E-state index in [-0.39, 0.29) is 17.2 Å². The van der Waals surface area contributed by atoms with Crippen LogP contribution in [-0.2, 0) is 20.3 Å². The third-order valence-corrected chi connectivity index (χ3v) is 5.24.